The van der Waals surface area contributed by atoms with Crippen molar-refractivity contribution in [1.82, 2.24) is 0 Å². The topological polar surface area (TPSA) is 73.6 Å². The monoisotopic (exact) mass is 360 g/mol. The molecule has 2 atom stereocenters. The Morgan fingerprint density at radius 1 is 1.35 bits per heavy atom. The summed E-state index contributed by atoms with van der Waals surface area (Å²) in [5.74, 6) is -0.632. The van der Waals surface area contributed by atoms with Crippen LogP contribution in [0.15, 0.2) is 42.5 Å². The van der Waals surface area contributed by atoms with Crippen LogP contribution in [0.3, 0.4) is 0 Å². The second-order valence-electron chi connectivity index (χ2n) is 6.25. The highest BCUT2D eigenvalue weighted by Gasteiger charge is 2.28. The number of methoxy groups -OCH3 is 1. The van der Waals surface area contributed by atoms with Crippen molar-refractivity contribution < 1.29 is 18.8 Å². The van der Waals surface area contributed by atoms with Crippen molar-refractivity contribution in [2.24, 2.45) is 5.92 Å². The molecule has 3 rings (SSSR count). The van der Waals surface area contributed by atoms with Gasteiger partial charge in [0.1, 0.15) is 5.69 Å². The van der Waals surface area contributed by atoms with Crippen molar-refractivity contribution in [1.29, 1.82) is 0 Å². The highest BCUT2D eigenvalue weighted by Crippen LogP contribution is 2.36. The highest BCUT2D eigenvalue weighted by molar-refractivity contribution is 5.64. The van der Waals surface area contributed by atoms with Crippen molar-refractivity contribution in [3.05, 3.63) is 64.0 Å². The van der Waals surface area contributed by atoms with Gasteiger partial charge in [0.25, 0.3) is 5.69 Å². The summed E-state index contributed by atoms with van der Waals surface area (Å²) in [5.41, 5.74) is 1.02. The van der Waals surface area contributed by atoms with Crippen LogP contribution in [-0.4, -0.2) is 25.2 Å². The van der Waals surface area contributed by atoms with E-state index in [1.807, 2.05) is 30.3 Å². The van der Waals surface area contributed by atoms with E-state index in [-0.39, 0.29) is 29.1 Å². The zero-order chi connectivity index (χ0) is 18.5. The molecular formula is C19H21FN2O4. The fourth-order valence-electron chi connectivity index (χ4n) is 3.30. The average Bonchev–Trinajstić information content (AvgIpc) is 2.67. The number of hydrogen-bond acceptors (Lipinski definition) is 5. The lowest BCUT2D eigenvalue weighted by atomic mass is 9.89. The summed E-state index contributed by atoms with van der Waals surface area (Å²) in [6, 6.07) is 12.1. The van der Waals surface area contributed by atoms with E-state index in [2.05, 4.69) is 5.32 Å². The normalized spacial score (nSPS) is 19.8. The molecule has 0 spiro atoms. The molecule has 2 aromatic rings. The van der Waals surface area contributed by atoms with Crippen molar-refractivity contribution in [2.45, 2.75) is 18.9 Å². The zero-order valence-corrected chi connectivity index (χ0v) is 14.5. The van der Waals surface area contributed by atoms with Gasteiger partial charge in [-0.15, -0.1) is 0 Å². The smallest absolute Gasteiger partial charge is 0.295 e. The van der Waals surface area contributed by atoms with Crippen molar-refractivity contribution in [3.63, 3.8) is 0 Å². The summed E-state index contributed by atoms with van der Waals surface area (Å²) in [6.07, 6.45) is 1.81. The van der Waals surface area contributed by atoms with Crippen LogP contribution in [0.1, 0.15) is 24.5 Å². The van der Waals surface area contributed by atoms with E-state index >= 15 is 0 Å². The summed E-state index contributed by atoms with van der Waals surface area (Å²) >= 11 is 0. The van der Waals surface area contributed by atoms with Crippen LogP contribution in [0.2, 0.25) is 0 Å². The lowest BCUT2D eigenvalue weighted by Gasteiger charge is -2.32. The molecule has 1 heterocycles. The van der Waals surface area contributed by atoms with Crippen LogP contribution < -0.4 is 10.1 Å². The first-order chi connectivity index (χ1) is 12.6. The second-order valence-corrected chi connectivity index (χ2v) is 6.25. The first-order valence-electron chi connectivity index (χ1n) is 8.52. The van der Waals surface area contributed by atoms with Gasteiger partial charge in [-0.2, -0.15) is 0 Å². The molecule has 1 fully saturated rings. The van der Waals surface area contributed by atoms with Crippen LogP contribution in [0.4, 0.5) is 15.8 Å². The molecule has 7 heteroatoms. The molecule has 2 unspecified atom stereocenters. The van der Waals surface area contributed by atoms with E-state index < -0.39 is 10.7 Å². The van der Waals surface area contributed by atoms with Gasteiger partial charge in [-0.1, -0.05) is 30.3 Å². The average molecular weight is 360 g/mol. The van der Waals surface area contributed by atoms with Gasteiger partial charge >= 0.3 is 0 Å². The van der Waals surface area contributed by atoms with E-state index in [1.165, 1.54) is 13.2 Å². The summed E-state index contributed by atoms with van der Waals surface area (Å²) in [6.45, 7) is 1.18. The minimum absolute atomic E-state index is 0.0300. The third kappa shape index (κ3) is 3.94. The van der Waals surface area contributed by atoms with E-state index in [0.717, 1.165) is 24.5 Å². The number of benzene rings is 2. The molecule has 1 aliphatic rings. The summed E-state index contributed by atoms with van der Waals surface area (Å²) in [7, 11) is 1.33. The molecule has 26 heavy (non-hydrogen) atoms. The Hall–Kier alpha value is -2.67. The molecule has 1 aliphatic heterocycles. The number of anilines is 1. The Morgan fingerprint density at radius 3 is 2.81 bits per heavy atom. The summed E-state index contributed by atoms with van der Waals surface area (Å²) in [5, 5.41) is 14.3. The van der Waals surface area contributed by atoms with Gasteiger partial charge in [0, 0.05) is 25.1 Å². The quantitative estimate of drug-likeness (QED) is 0.613. The number of halogens is 1. The third-order valence-electron chi connectivity index (χ3n) is 4.59. The maximum absolute atomic E-state index is 13.8. The fraction of sp³-hybridized carbons (Fsp3) is 0.368. The molecule has 0 radical (unpaired) electrons. The SMILES string of the molecule is COc1cc(NCC2CCCOC2c2ccccc2)c([N+](=O)[O-])cc1F. The Balaban J connectivity index is 1.79. The van der Waals surface area contributed by atoms with Gasteiger partial charge in [-0.05, 0) is 18.4 Å². The predicted octanol–water partition coefficient (Wildman–Crippen LogP) is 4.32. The summed E-state index contributed by atoms with van der Waals surface area (Å²) in [4.78, 5) is 10.6. The maximum atomic E-state index is 13.8. The Labute approximate surface area is 151 Å². The fourth-order valence-corrected chi connectivity index (χ4v) is 3.30. The molecular weight excluding hydrogens is 339 g/mol. The standard InChI is InChI=1S/C19H21FN2O4/c1-25-18-11-16(17(22(23)24)10-15(18)20)21-12-14-8-5-9-26-19(14)13-6-3-2-4-7-13/h2-4,6-7,10-11,14,19,21H,5,8-9,12H2,1H3. The number of nitro benzene ring substituents is 1. The number of ether oxygens (including phenoxy) is 2. The van der Waals surface area contributed by atoms with Gasteiger partial charge in [-0.25, -0.2) is 4.39 Å². The Kier molecular flexibility index (Phi) is 5.68. The molecule has 138 valence electrons. The first-order valence-corrected chi connectivity index (χ1v) is 8.52. The lowest BCUT2D eigenvalue weighted by molar-refractivity contribution is -0.384. The number of nitrogens with zero attached hydrogens (tertiary/aromatic N) is 1. The van der Waals surface area contributed by atoms with Crippen molar-refractivity contribution >= 4 is 11.4 Å². The van der Waals surface area contributed by atoms with Gasteiger partial charge in [0.2, 0.25) is 0 Å². The summed E-state index contributed by atoms with van der Waals surface area (Å²) < 4.78 is 24.7. The van der Waals surface area contributed by atoms with E-state index in [0.29, 0.717) is 13.2 Å². The second kappa shape index (κ2) is 8.14. The highest BCUT2D eigenvalue weighted by atomic mass is 19.1. The van der Waals surface area contributed by atoms with Gasteiger partial charge in [-0.3, -0.25) is 10.1 Å². The van der Waals surface area contributed by atoms with Gasteiger partial charge in [0.15, 0.2) is 11.6 Å². The largest absolute Gasteiger partial charge is 0.494 e. The van der Waals surface area contributed by atoms with Crippen LogP contribution in [0.25, 0.3) is 0 Å². The zero-order valence-electron chi connectivity index (χ0n) is 14.5. The van der Waals surface area contributed by atoms with Crippen LogP contribution >= 0.6 is 0 Å². The molecule has 1 N–H and O–H groups in total. The minimum Gasteiger partial charge on any atom is -0.494 e. The molecule has 0 bridgehead atoms. The third-order valence-corrected chi connectivity index (χ3v) is 4.59. The molecule has 6 nitrogen and oxygen atoms in total. The van der Waals surface area contributed by atoms with Gasteiger partial charge < -0.3 is 14.8 Å². The lowest BCUT2D eigenvalue weighted by Crippen LogP contribution is -2.28. The van der Waals surface area contributed by atoms with Crippen molar-refractivity contribution in [2.75, 3.05) is 25.6 Å². The van der Waals surface area contributed by atoms with Gasteiger partial charge in [0.05, 0.1) is 24.2 Å². The maximum Gasteiger partial charge on any atom is 0.295 e. The predicted molar refractivity (Wildman–Crippen MR) is 96.0 cm³/mol. The number of nitro groups is 1. The molecule has 0 saturated carbocycles. The van der Waals surface area contributed by atoms with E-state index in [1.54, 1.807) is 0 Å². The van der Waals surface area contributed by atoms with E-state index in [9.17, 15) is 14.5 Å². The van der Waals surface area contributed by atoms with Crippen molar-refractivity contribution in [3.8, 4) is 5.75 Å². The van der Waals surface area contributed by atoms with Crippen LogP contribution in [0.5, 0.6) is 5.75 Å². The van der Waals surface area contributed by atoms with Crippen LogP contribution in [0, 0.1) is 21.8 Å². The first kappa shape index (κ1) is 18.1. The number of rotatable bonds is 6. The number of nitrogens with one attached hydrogen (secondary N) is 1. The van der Waals surface area contributed by atoms with Crippen LogP contribution in [-0.2, 0) is 4.74 Å². The minimum atomic E-state index is -0.757. The molecule has 0 aromatic heterocycles. The Morgan fingerprint density at radius 2 is 2.12 bits per heavy atom. The number of hydrogen-bond donors (Lipinski definition) is 1. The molecule has 1 saturated heterocycles. The van der Waals surface area contributed by atoms with E-state index in [4.69, 9.17) is 9.47 Å². The molecule has 0 aliphatic carbocycles. The Bertz CT molecular complexity index is 770. The molecule has 2 aromatic carbocycles. The molecule has 0 amide bonds.